The van der Waals surface area contributed by atoms with E-state index in [-0.39, 0.29) is 12.6 Å². The number of benzene rings is 1. The molecule has 3 rings (SSSR count). The van der Waals surface area contributed by atoms with Crippen molar-refractivity contribution in [3.63, 3.8) is 0 Å². The van der Waals surface area contributed by atoms with Crippen LogP contribution in [0.25, 0.3) is 11.3 Å². The molecule has 0 spiro atoms. The number of nitrogens with zero attached hydrogens (tertiary/aromatic N) is 2. The number of aromatic nitrogens is 2. The maximum atomic E-state index is 11.9. The van der Waals surface area contributed by atoms with Crippen molar-refractivity contribution in [3.8, 4) is 11.3 Å². The van der Waals surface area contributed by atoms with E-state index in [9.17, 15) is 14.4 Å². The molecule has 118 valence electrons. The van der Waals surface area contributed by atoms with Crippen LogP contribution in [0.3, 0.4) is 0 Å². The molecule has 1 saturated carbocycles. The lowest BCUT2D eigenvalue weighted by atomic mass is 10.1. The summed E-state index contributed by atoms with van der Waals surface area (Å²) < 4.78 is 1.04. The highest BCUT2D eigenvalue weighted by Crippen LogP contribution is 2.18. The number of hydrogen-bond donors (Lipinski definition) is 2. The predicted octanol–water partition coefficient (Wildman–Crippen LogP) is 0.898. The van der Waals surface area contributed by atoms with E-state index in [2.05, 4.69) is 15.7 Å². The highest BCUT2D eigenvalue weighted by atomic mass is 16.2. The first kappa shape index (κ1) is 15.0. The Balaban J connectivity index is 1.70. The first-order chi connectivity index (χ1) is 11.1. The van der Waals surface area contributed by atoms with Crippen LogP contribution in [0.5, 0.6) is 0 Å². The van der Waals surface area contributed by atoms with E-state index >= 15 is 0 Å². The third kappa shape index (κ3) is 4.03. The summed E-state index contributed by atoms with van der Waals surface area (Å²) in [6.45, 7) is -0.308. The summed E-state index contributed by atoms with van der Waals surface area (Å²) in [7, 11) is 0. The van der Waals surface area contributed by atoms with Gasteiger partial charge >= 0.3 is 6.03 Å². The van der Waals surface area contributed by atoms with Gasteiger partial charge in [0.15, 0.2) is 0 Å². The Morgan fingerprint density at radius 3 is 2.57 bits per heavy atom. The van der Waals surface area contributed by atoms with Gasteiger partial charge in [0, 0.05) is 17.7 Å². The van der Waals surface area contributed by atoms with Crippen molar-refractivity contribution in [2.75, 3.05) is 0 Å². The molecular weight excluding hydrogens is 296 g/mol. The third-order valence-corrected chi connectivity index (χ3v) is 3.40. The van der Waals surface area contributed by atoms with Gasteiger partial charge in [-0.05, 0) is 18.9 Å². The van der Waals surface area contributed by atoms with Crippen molar-refractivity contribution in [1.82, 2.24) is 20.4 Å². The van der Waals surface area contributed by atoms with E-state index in [4.69, 9.17) is 0 Å². The molecule has 2 aromatic rings. The van der Waals surface area contributed by atoms with Crippen LogP contribution in [0.1, 0.15) is 12.8 Å². The number of hydrogen-bond acceptors (Lipinski definition) is 4. The minimum absolute atomic E-state index is 0.157. The summed E-state index contributed by atoms with van der Waals surface area (Å²) in [5.41, 5.74) is 1.02. The van der Waals surface area contributed by atoms with Crippen LogP contribution in [-0.2, 0) is 11.3 Å². The number of amides is 3. The predicted molar refractivity (Wildman–Crippen MR) is 83.6 cm³/mol. The number of imide groups is 1. The fourth-order valence-electron chi connectivity index (χ4n) is 2.08. The van der Waals surface area contributed by atoms with Gasteiger partial charge in [-0.2, -0.15) is 5.10 Å². The van der Waals surface area contributed by atoms with E-state index in [0.717, 1.165) is 23.1 Å². The van der Waals surface area contributed by atoms with Crippen LogP contribution >= 0.6 is 0 Å². The lowest BCUT2D eigenvalue weighted by Gasteiger charge is -2.08. The van der Waals surface area contributed by atoms with Crippen LogP contribution in [0, 0.1) is 0 Å². The Bertz CT molecular complexity index is 781. The molecule has 0 bridgehead atoms. The molecule has 1 aromatic carbocycles. The largest absolute Gasteiger partial charge is 0.335 e. The fraction of sp³-hybridized carbons (Fsp3) is 0.250. The Kier molecular flexibility index (Phi) is 4.18. The average Bonchev–Trinajstić information content (AvgIpc) is 3.34. The molecule has 7 heteroatoms. The highest BCUT2D eigenvalue weighted by Gasteiger charge is 2.24. The lowest BCUT2D eigenvalue weighted by Crippen LogP contribution is -2.43. The van der Waals surface area contributed by atoms with Crippen LogP contribution in [0.2, 0.25) is 0 Å². The van der Waals surface area contributed by atoms with Gasteiger partial charge in [-0.25, -0.2) is 9.48 Å². The Morgan fingerprint density at radius 1 is 1.13 bits per heavy atom. The van der Waals surface area contributed by atoms with Gasteiger partial charge < -0.3 is 5.32 Å². The van der Waals surface area contributed by atoms with Crippen molar-refractivity contribution >= 4 is 11.9 Å². The number of carbonyl (C=O) groups excluding carboxylic acids is 2. The second-order valence-electron chi connectivity index (χ2n) is 5.38. The third-order valence-electron chi connectivity index (χ3n) is 3.40. The fourth-order valence-corrected chi connectivity index (χ4v) is 2.08. The summed E-state index contributed by atoms with van der Waals surface area (Å²) in [5, 5.41) is 9.02. The van der Waals surface area contributed by atoms with E-state index in [1.807, 2.05) is 30.3 Å². The van der Waals surface area contributed by atoms with Crippen LogP contribution in [0.4, 0.5) is 4.79 Å². The second-order valence-corrected chi connectivity index (χ2v) is 5.38. The van der Waals surface area contributed by atoms with Crippen molar-refractivity contribution in [3.05, 3.63) is 52.8 Å². The number of urea groups is 1. The Hall–Kier alpha value is -2.96. The summed E-state index contributed by atoms with van der Waals surface area (Å²) in [4.78, 5) is 35.2. The standard InChI is InChI=1S/C16H16N4O3/c21-14(18-16(23)17-12-6-7-12)10-20-15(22)9-8-13(19-20)11-4-2-1-3-5-11/h1-5,8-9,12H,6-7,10H2,(H2,17,18,21,23). The normalized spacial score (nSPS) is 13.4. The van der Waals surface area contributed by atoms with E-state index < -0.39 is 17.5 Å². The molecule has 0 atom stereocenters. The number of nitrogens with one attached hydrogen (secondary N) is 2. The summed E-state index contributed by atoms with van der Waals surface area (Å²) in [5.74, 6) is -0.581. The quantitative estimate of drug-likeness (QED) is 0.877. The van der Waals surface area contributed by atoms with E-state index in [1.165, 1.54) is 6.07 Å². The summed E-state index contributed by atoms with van der Waals surface area (Å²) in [6, 6.07) is 11.9. The molecule has 0 unspecified atom stereocenters. The summed E-state index contributed by atoms with van der Waals surface area (Å²) >= 11 is 0. The van der Waals surface area contributed by atoms with E-state index in [1.54, 1.807) is 6.07 Å². The molecule has 1 fully saturated rings. The van der Waals surface area contributed by atoms with Crippen molar-refractivity contribution in [1.29, 1.82) is 0 Å². The minimum atomic E-state index is -0.581. The van der Waals surface area contributed by atoms with Crippen molar-refractivity contribution in [2.45, 2.75) is 25.4 Å². The second kappa shape index (κ2) is 6.43. The molecule has 1 aliphatic carbocycles. The van der Waals surface area contributed by atoms with Crippen molar-refractivity contribution < 1.29 is 9.59 Å². The van der Waals surface area contributed by atoms with Gasteiger partial charge in [0.25, 0.3) is 5.56 Å². The summed E-state index contributed by atoms with van der Waals surface area (Å²) in [6.07, 6.45) is 1.86. The monoisotopic (exact) mass is 312 g/mol. The topological polar surface area (TPSA) is 93.1 Å². The molecule has 3 amide bonds. The van der Waals surface area contributed by atoms with Gasteiger partial charge in [-0.1, -0.05) is 30.3 Å². The molecule has 0 saturated heterocycles. The first-order valence-corrected chi connectivity index (χ1v) is 7.36. The molecular formula is C16H16N4O3. The number of carbonyl (C=O) groups is 2. The highest BCUT2D eigenvalue weighted by molar-refractivity contribution is 5.94. The van der Waals surface area contributed by atoms with Crippen LogP contribution < -0.4 is 16.2 Å². The van der Waals surface area contributed by atoms with Gasteiger partial charge in [0.1, 0.15) is 6.54 Å². The molecule has 1 aliphatic rings. The Labute approximate surface area is 132 Å². The molecule has 0 aliphatic heterocycles. The van der Waals surface area contributed by atoms with Crippen LogP contribution in [-0.4, -0.2) is 27.8 Å². The smallest absolute Gasteiger partial charge is 0.321 e. The lowest BCUT2D eigenvalue weighted by molar-refractivity contribution is -0.120. The van der Waals surface area contributed by atoms with Gasteiger partial charge in [0.05, 0.1) is 5.69 Å². The minimum Gasteiger partial charge on any atom is -0.335 e. The maximum Gasteiger partial charge on any atom is 0.321 e. The zero-order valence-corrected chi connectivity index (χ0v) is 12.4. The molecule has 2 N–H and O–H groups in total. The van der Waals surface area contributed by atoms with Gasteiger partial charge in [-0.3, -0.25) is 14.9 Å². The zero-order chi connectivity index (χ0) is 16.2. The number of rotatable bonds is 4. The van der Waals surface area contributed by atoms with Gasteiger partial charge in [-0.15, -0.1) is 0 Å². The molecule has 23 heavy (non-hydrogen) atoms. The maximum absolute atomic E-state index is 11.9. The Morgan fingerprint density at radius 2 is 1.87 bits per heavy atom. The molecule has 1 heterocycles. The zero-order valence-electron chi connectivity index (χ0n) is 12.4. The molecule has 1 aromatic heterocycles. The molecule has 0 radical (unpaired) electrons. The van der Waals surface area contributed by atoms with Gasteiger partial charge in [0.2, 0.25) is 5.91 Å². The van der Waals surface area contributed by atoms with E-state index in [0.29, 0.717) is 5.69 Å². The molecule has 7 nitrogen and oxygen atoms in total. The van der Waals surface area contributed by atoms with Crippen molar-refractivity contribution in [2.24, 2.45) is 0 Å². The first-order valence-electron chi connectivity index (χ1n) is 7.36. The average molecular weight is 312 g/mol. The SMILES string of the molecule is O=C(Cn1nc(-c2ccccc2)ccc1=O)NC(=O)NC1CC1. The van der Waals surface area contributed by atoms with Crippen LogP contribution in [0.15, 0.2) is 47.3 Å².